The van der Waals surface area contributed by atoms with E-state index >= 15 is 0 Å². The molecule has 0 aliphatic carbocycles. The molecule has 0 saturated carbocycles. The maximum absolute atomic E-state index is 11.1. The molecule has 1 N–H and O–H groups in total. The highest BCUT2D eigenvalue weighted by molar-refractivity contribution is 7.99. The largest absolute Gasteiger partial charge is 0.477 e. The fraction of sp³-hybridized carbons (Fsp3) is 0. The first-order valence-electron chi connectivity index (χ1n) is 6.23. The van der Waals surface area contributed by atoms with Crippen LogP contribution >= 0.6 is 23.1 Å². The van der Waals surface area contributed by atoms with E-state index in [4.69, 9.17) is 5.11 Å². The molecule has 3 rings (SSSR count). The molecule has 22 heavy (non-hydrogen) atoms. The molecule has 0 aliphatic rings. The second-order valence-corrected chi connectivity index (χ2v) is 6.60. The van der Waals surface area contributed by atoms with Crippen LogP contribution in [-0.4, -0.2) is 16.0 Å². The summed E-state index contributed by atoms with van der Waals surface area (Å²) in [5.74, 6) is -1.15. The van der Waals surface area contributed by atoms with Crippen molar-refractivity contribution in [2.45, 2.75) is 9.79 Å². The third-order valence-corrected chi connectivity index (χ3v) is 5.23. The quantitative estimate of drug-likeness (QED) is 0.555. The van der Waals surface area contributed by atoms with E-state index in [0.29, 0.717) is 16.2 Å². The molecular formula is C15H9NO4S2. The van der Waals surface area contributed by atoms with Crippen LogP contribution in [0.15, 0.2) is 58.3 Å². The van der Waals surface area contributed by atoms with Crippen molar-refractivity contribution in [2.75, 3.05) is 0 Å². The Hall–Kier alpha value is -2.38. The predicted molar refractivity (Wildman–Crippen MR) is 86.0 cm³/mol. The molecule has 1 heterocycles. The highest BCUT2D eigenvalue weighted by Crippen LogP contribution is 2.41. The molecule has 0 atom stereocenters. The van der Waals surface area contributed by atoms with Gasteiger partial charge in [0.15, 0.2) is 0 Å². The molecule has 2 aromatic carbocycles. The highest BCUT2D eigenvalue weighted by atomic mass is 32.2. The van der Waals surface area contributed by atoms with Crippen LogP contribution < -0.4 is 0 Å². The molecule has 0 amide bonds. The average molecular weight is 331 g/mol. The van der Waals surface area contributed by atoms with Crippen molar-refractivity contribution < 1.29 is 14.8 Å². The lowest BCUT2D eigenvalue weighted by Crippen LogP contribution is -1.89. The molecule has 0 radical (unpaired) electrons. The molecule has 0 fully saturated rings. The number of thiophene rings is 1. The number of hydrogen-bond donors (Lipinski definition) is 1. The summed E-state index contributed by atoms with van der Waals surface area (Å²) in [7, 11) is 0. The first-order chi connectivity index (χ1) is 10.5. The molecule has 1 aromatic heterocycles. The molecule has 3 aromatic rings. The maximum atomic E-state index is 11.1. The number of benzene rings is 2. The third-order valence-electron chi connectivity index (χ3n) is 3.00. The van der Waals surface area contributed by atoms with E-state index in [1.54, 1.807) is 0 Å². The van der Waals surface area contributed by atoms with Gasteiger partial charge in [-0.25, -0.2) is 4.79 Å². The van der Waals surface area contributed by atoms with Crippen molar-refractivity contribution in [3.63, 3.8) is 0 Å². The fourth-order valence-electron chi connectivity index (χ4n) is 2.03. The summed E-state index contributed by atoms with van der Waals surface area (Å²) in [5.41, 5.74) is 0. The number of carbonyl (C=O) groups is 1. The van der Waals surface area contributed by atoms with E-state index in [2.05, 4.69) is 0 Å². The van der Waals surface area contributed by atoms with Gasteiger partial charge in [-0.2, -0.15) is 0 Å². The Morgan fingerprint density at radius 1 is 1.14 bits per heavy atom. The highest BCUT2D eigenvalue weighted by Gasteiger charge is 2.23. The van der Waals surface area contributed by atoms with Crippen LogP contribution in [0.2, 0.25) is 0 Å². The minimum Gasteiger partial charge on any atom is -0.477 e. The minimum absolute atomic E-state index is 0.0324. The number of fused-ring (bicyclic) bond motifs is 1. The van der Waals surface area contributed by atoms with E-state index < -0.39 is 10.9 Å². The maximum Gasteiger partial charge on any atom is 0.346 e. The van der Waals surface area contributed by atoms with Gasteiger partial charge in [0, 0.05) is 4.90 Å². The SMILES string of the molecule is O=C(O)c1cc(Sc2ccc3ccccc3c2)c([N+](=O)[O-])s1. The van der Waals surface area contributed by atoms with Gasteiger partial charge in [-0.3, -0.25) is 10.1 Å². The second kappa shape index (κ2) is 5.78. The molecule has 110 valence electrons. The van der Waals surface area contributed by atoms with Gasteiger partial charge in [-0.05, 0) is 29.0 Å². The van der Waals surface area contributed by atoms with Gasteiger partial charge in [0.2, 0.25) is 0 Å². The lowest BCUT2D eigenvalue weighted by Gasteiger charge is -2.02. The number of rotatable bonds is 4. The first-order valence-corrected chi connectivity index (χ1v) is 7.86. The molecule has 0 aliphatic heterocycles. The topological polar surface area (TPSA) is 80.4 Å². The molecule has 5 nitrogen and oxygen atoms in total. The molecular weight excluding hydrogens is 322 g/mol. The summed E-state index contributed by atoms with van der Waals surface area (Å²) in [4.78, 5) is 22.7. The first kappa shape index (κ1) is 14.6. The number of carboxylic acid groups (broad SMARTS) is 1. The van der Waals surface area contributed by atoms with Crippen LogP contribution in [0.1, 0.15) is 9.67 Å². The molecule has 0 saturated heterocycles. The van der Waals surface area contributed by atoms with Crippen LogP contribution in [-0.2, 0) is 0 Å². The number of hydrogen-bond acceptors (Lipinski definition) is 5. The smallest absolute Gasteiger partial charge is 0.346 e. The molecule has 0 spiro atoms. The van der Waals surface area contributed by atoms with Gasteiger partial charge < -0.3 is 5.11 Å². The monoisotopic (exact) mass is 331 g/mol. The number of aromatic carboxylic acids is 1. The summed E-state index contributed by atoms with van der Waals surface area (Å²) < 4.78 is 0. The summed E-state index contributed by atoms with van der Waals surface area (Å²) in [5, 5.41) is 22.0. The van der Waals surface area contributed by atoms with Crippen molar-refractivity contribution in [2.24, 2.45) is 0 Å². The van der Waals surface area contributed by atoms with E-state index in [0.717, 1.165) is 15.7 Å². The summed E-state index contributed by atoms with van der Waals surface area (Å²) in [6.07, 6.45) is 0. The van der Waals surface area contributed by atoms with Gasteiger partial charge in [-0.15, -0.1) is 0 Å². The van der Waals surface area contributed by atoms with Crippen molar-refractivity contribution >= 4 is 44.8 Å². The zero-order valence-electron chi connectivity index (χ0n) is 11.1. The van der Waals surface area contributed by atoms with Crippen LogP contribution in [0.4, 0.5) is 5.00 Å². The Labute approximate surface area is 133 Å². The van der Waals surface area contributed by atoms with Crippen molar-refractivity contribution in [1.29, 1.82) is 0 Å². The second-order valence-electron chi connectivity index (χ2n) is 4.45. The van der Waals surface area contributed by atoms with Gasteiger partial charge >= 0.3 is 11.0 Å². The number of carboxylic acids is 1. The van der Waals surface area contributed by atoms with Crippen molar-refractivity contribution in [1.82, 2.24) is 0 Å². The third kappa shape index (κ3) is 2.81. The van der Waals surface area contributed by atoms with Crippen LogP contribution in [0.3, 0.4) is 0 Å². The zero-order valence-corrected chi connectivity index (χ0v) is 12.7. The Kier molecular flexibility index (Phi) is 3.82. The summed E-state index contributed by atoms with van der Waals surface area (Å²) >= 11 is 1.88. The minimum atomic E-state index is -1.15. The molecule has 0 bridgehead atoms. The summed E-state index contributed by atoms with van der Waals surface area (Å²) in [6, 6.07) is 14.9. The zero-order chi connectivity index (χ0) is 15.7. The van der Waals surface area contributed by atoms with Gasteiger partial charge in [0.25, 0.3) is 0 Å². The van der Waals surface area contributed by atoms with Crippen LogP contribution in [0.5, 0.6) is 0 Å². The lowest BCUT2D eigenvalue weighted by atomic mass is 10.1. The van der Waals surface area contributed by atoms with Crippen molar-refractivity contribution in [3.05, 3.63) is 63.5 Å². The van der Waals surface area contributed by atoms with Crippen molar-refractivity contribution in [3.8, 4) is 0 Å². The molecule has 7 heteroatoms. The Morgan fingerprint density at radius 3 is 2.55 bits per heavy atom. The Balaban J connectivity index is 2.00. The van der Waals surface area contributed by atoms with E-state index in [1.807, 2.05) is 42.5 Å². The number of nitrogens with zero attached hydrogens (tertiary/aromatic N) is 1. The summed E-state index contributed by atoms with van der Waals surface area (Å²) in [6.45, 7) is 0. The van der Waals surface area contributed by atoms with Crippen LogP contribution in [0, 0.1) is 10.1 Å². The lowest BCUT2D eigenvalue weighted by molar-refractivity contribution is -0.382. The van der Waals surface area contributed by atoms with Crippen LogP contribution in [0.25, 0.3) is 10.8 Å². The average Bonchev–Trinajstić information content (AvgIpc) is 2.91. The van der Waals surface area contributed by atoms with Gasteiger partial charge in [0.1, 0.15) is 9.77 Å². The predicted octanol–water partition coefficient (Wildman–Crippen LogP) is 4.66. The Bertz CT molecular complexity index is 888. The number of nitro groups is 1. The van der Waals surface area contributed by atoms with Gasteiger partial charge in [-0.1, -0.05) is 53.4 Å². The fourth-order valence-corrected chi connectivity index (χ4v) is 3.97. The van der Waals surface area contributed by atoms with Gasteiger partial charge in [0.05, 0.1) is 4.92 Å². The van der Waals surface area contributed by atoms with E-state index in [9.17, 15) is 14.9 Å². The standard InChI is InChI=1S/C15H9NO4S2/c17-15(18)13-8-12(14(22-13)16(19)20)21-11-6-5-9-3-1-2-4-10(9)7-11/h1-8H,(H,17,18). The van der Waals surface area contributed by atoms with E-state index in [1.165, 1.54) is 17.8 Å². The molecule has 0 unspecified atom stereocenters. The van der Waals surface area contributed by atoms with E-state index in [-0.39, 0.29) is 9.88 Å². The Morgan fingerprint density at radius 2 is 1.86 bits per heavy atom. The normalized spacial score (nSPS) is 10.7.